The van der Waals surface area contributed by atoms with Crippen molar-refractivity contribution in [1.82, 2.24) is 15.1 Å². The van der Waals surface area contributed by atoms with E-state index in [-0.39, 0.29) is 18.3 Å². The van der Waals surface area contributed by atoms with E-state index in [1.165, 1.54) is 13.0 Å². The van der Waals surface area contributed by atoms with Crippen molar-refractivity contribution in [2.45, 2.75) is 31.3 Å². The summed E-state index contributed by atoms with van der Waals surface area (Å²) in [7, 11) is 0. The number of rotatable bonds is 4. The molecule has 2 aliphatic rings. The highest BCUT2D eigenvalue weighted by Gasteiger charge is 2.50. The molecule has 2 aromatic carbocycles. The zero-order valence-corrected chi connectivity index (χ0v) is 15.5. The molecular weight excluding hydrogens is 364 g/mol. The van der Waals surface area contributed by atoms with Crippen LogP contribution >= 0.6 is 0 Å². The lowest BCUT2D eigenvalue weighted by molar-refractivity contribution is -0.132. The molecule has 0 aliphatic carbocycles. The number of amides is 3. The Labute approximate surface area is 161 Å². The lowest BCUT2D eigenvalue weighted by atomic mass is 9.92. The molecule has 4 rings (SSSR count). The number of benzene rings is 2. The first-order chi connectivity index (χ1) is 13.4. The summed E-state index contributed by atoms with van der Waals surface area (Å²) in [5, 5.41) is 2.64. The van der Waals surface area contributed by atoms with Gasteiger partial charge in [-0.2, -0.15) is 0 Å². The van der Waals surface area contributed by atoms with Crippen LogP contribution in [0, 0.1) is 11.6 Å². The van der Waals surface area contributed by atoms with Gasteiger partial charge in [-0.05, 0) is 43.0 Å². The number of imide groups is 1. The molecule has 146 valence electrons. The van der Waals surface area contributed by atoms with Crippen molar-refractivity contribution in [3.63, 3.8) is 0 Å². The van der Waals surface area contributed by atoms with Crippen LogP contribution in [-0.2, 0) is 10.3 Å². The summed E-state index contributed by atoms with van der Waals surface area (Å²) in [5.41, 5.74) is -0.0585. The molecule has 2 saturated heterocycles. The van der Waals surface area contributed by atoms with Crippen LogP contribution < -0.4 is 5.32 Å². The predicted molar refractivity (Wildman–Crippen MR) is 99.1 cm³/mol. The third kappa shape index (κ3) is 3.05. The Morgan fingerprint density at radius 3 is 2.57 bits per heavy atom. The Balaban J connectivity index is 1.56. The monoisotopic (exact) mass is 385 g/mol. The fourth-order valence-corrected chi connectivity index (χ4v) is 4.06. The number of likely N-dealkylation sites (tertiary alicyclic amines) is 1. The average molecular weight is 385 g/mol. The van der Waals surface area contributed by atoms with E-state index >= 15 is 0 Å². The topological polar surface area (TPSA) is 52.7 Å². The highest BCUT2D eigenvalue weighted by Crippen LogP contribution is 2.34. The molecular formula is C21H21F2N3O2. The minimum atomic E-state index is -1.42. The van der Waals surface area contributed by atoms with Gasteiger partial charge in [0.05, 0.1) is 6.67 Å². The molecule has 3 amide bonds. The Bertz CT molecular complexity index is 921. The zero-order valence-electron chi connectivity index (χ0n) is 15.5. The fourth-order valence-electron chi connectivity index (χ4n) is 4.06. The lowest BCUT2D eigenvalue weighted by Gasteiger charge is -2.29. The van der Waals surface area contributed by atoms with Crippen molar-refractivity contribution >= 4 is 11.9 Å². The van der Waals surface area contributed by atoms with Crippen LogP contribution in [0.4, 0.5) is 13.6 Å². The first-order valence-electron chi connectivity index (χ1n) is 9.29. The number of carbonyl (C=O) groups is 2. The summed E-state index contributed by atoms with van der Waals surface area (Å²) in [5.74, 6) is -2.52. The maximum atomic E-state index is 13.7. The summed E-state index contributed by atoms with van der Waals surface area (Å²) < 4.78 is 26.9. The Kier molecular flexibility index (Phi) is 4.63. The zero-order chi connectivity index (χ0) is 19.9. The van der Waals surface area contributed by atoms with Crippen LogP contribution in [0.5, 0.6) is 0 Å². The summed E-state index contributed by atoms with van der Waals surface area (Å²) >= 11 is 0. The van der Waals surface area contributed by atoms with Gasteiger partial charge in [-0.3, -0.25) is 9.69 Å². The number of halogens is 2. The second-order valence-electron chi connectivity index (χ2n) is 7.44. The van der Waals surface area contributed by atoms with Crippen LogP contribution in [-0.4, -0.2) is 35.0 Å². The molecule has 0 aromatic heterocycles. The summed E-state index contributed by atoms with van der Waals surface area (Å²) in [4.78, 5) is 28.9. The van der Waals surface area contributed by atoms with Gasteiger partial charge in [0.2, 0.25) is 0 Å². The van der Waals surface area contributed by atoms with Gasteiger partial charge in [-0.1, -0.05) is 36.4 Å². The van der Waals surface area contributed by atoms with E-state index in [1.807, 2.05) is 30.3 Å². The highest BCUT2D eigenvalue weighted by atomic mass is 19.2. The van der Waals surface area contributed by atoms with Gasteiger partial charge in [-0.15, -0.1) is 0 Å². The molecule has 2 aliphatic heterocycles. The SMILES string of the molecule is C[C@]1(c2ccc(F)c(F)c2)NC(=O)N(CN2CCC[C@H]2c2ccccc2)C1=O. The molecule has 2 aromatic rings. The normalized spacial score (nSPS) is 25.4. The van der Waals surface area contributed by atoms with Gasteiger partial charge >= 0.3 is 6.03 Å². The molecule has 28 heavy (non-hydrogen) atoms. The van der Waals surface area contributed by atoms with Crippen molar-refractivity contribution in [2.24, 2.45) is 0 Å². The Hall–Kier alpha value is -2.80. The van der Waals surface area contributed by atoms with E-state index in [0.717, 1.165) is 42.0 Å². The van der Waals surface area contributed by atoms with E-state index in [4.69, 9.17) is 0 Å². The van der Waals surface area contributed by atoms with Crippen LogP contribution in [0.3, 0.4) is 0 Å². The standard InChI is InChI=1S/C21H21F2N3O2/c1-21(15-9-10-16(22)17(23)12-15)19(27)26(20(28)24-21)13-25-11-5-8-18(25)14-6-3-2-4-7-14/h2-4,6-7,9-10,12,18H,5,8,11,13H2,1H3,(H,24,28)/t18-,21+/m0/s1. The van der Waals surface area contributed by atoms with Gasteiger partial charge in [0.25, 0.3) is 5.91 Å². The molecule has 0 bridgehead atoms. The lowest BCUT2D eigenvalue weighted by Crippen LogP contribution is -2.43. The maximum Gasteiger partial charge on any atom is 0.326 e. The van der Waals surface area contributed by atoms with Crippen molar-refractivity contribution in [2.75, 3.05) is 13.2 Å². The molecule has 0 unspecified atom stereocenters. The van der Waals surface area contributed by atoms with Crippen molar-refractivity contribution in [1.29, 1.82) is 0 Å². The third-order valence-electron chi connectivity index (χ3n) is 5.64. The second kappa shape index (κ2) is 6.98. The van der Waals surface area contributed by atoms with E-state index < -0.39 is 29.1 Å². The average Bonchev–Trinajstić information content (AvgIpc) is 3.24. The molecule has 5 nitrogen and oxygen atoms in total. The predicted octanol–water partition coefficient (Wildman–Crippen LogP) is 3.53. The first kappa shape index (κ1) is 18.6. The number of carbonyl (C=O) groups excluding carboxylic acids is 2. The van der Waals surface area contributed by atoms with E-state index in [1.54, 1.807) is 0 Å². The summed E-state index contributed by atoms with van der Waals surface area (Å²) in [6.07, 6.45) is 1.93. The molecule has 0 spiro atoms. The molecule has 7 heteroatoms. The number of nitrogens with zero attached hydrogens (tertiary/aromatic N) is 2. The number of hydrogen-bond acceptors (Lipinski definition) is 3. The summed E-state index contributed by atoms with van der Waals surface area (Å²) in [6, 6.07) is 12.8. The minimum absolute atomic E-state index is 0.136. The van der Waals surface area contributed by atoms with Crippen LogP contribution in [0.2, 0.25) is 0 Å². The van der Waals surface area contributed by atoms with Crippen LogP contribution in [0.25, 0.3) is 0 Å². The number of nitrogens with one attached hydrogen (secondary N) is 1. The molecule has 0 saturated carbocycles. The van der Waals surface area contributed by atoms with Crippen molar-refractivity contribution in [3.8, 4) is 0 Å². The van der Waals surface area contributed by atoms with Gasteiger partial charge in [0.1, 0.15) is 5.54 Å². The Morgan fingerprint density at radius 2 is 1.86 bits per heavy atom. The van der Waals surface area contributed by atoms with Crippen molar-refractivity contribution < 1.29 is 18.4 Å². The largest absolute Gasteiger partial charge is 0.326 e. The van der Waals surface area contributed by atoms with Gasteiger partial charge in [0.15, 0.2) is 11.6 Å². The quantitative estimate of drug-likeness (QED) is 0.820. The highest BCUT2D eigenvalue weighted by molar-refractivity contribution is 6.07. The molecule has 0 radical (unpaired) electrons. The van der Waals surface area contributed by atoms with Crippen LogP contribution in [0.1, 0.15) is 36.9 Å². The Morgan fingerprint density at radius 1 is 1.11 bits per heavy atom. The summed E-state index contributed by atoms with van der Waals surface area (Å²) in [6.45, 7) is 2.45. The molecule has 1 N–H and O–H groups in total. The number of hydrogen-bond donors (Lipinski definition) is 1. The van der Waals surface area contributed by atoms with Gasteiger partial charge in [0, 0.05) is 12.6 Å². The van der Waals surface area contributed by atoms with Crippen molar-refractivity contribution in [3.05, 3.63) is 71.3 Å². The van der Waals surface area contributed by atoms with E-state index in [0.29, 0.717) is 0 Å². The van der Waals surface area contributed by atoms with Gasteiger partial charge < -0.3 is 5.32 Å². The number of urea groups is 1. The minimum Gasteiger partial charge on any atom is -0.319 e. The third-order valence-corrected chi connectivity index (χ3v) is 5.64. The molecule has 2 heterocycles. The van der Waals surface area contributed by atoms with Crippen LogP contribution in [0.15, 0.2) is 48.5 Å². The van der Waals surface area contributed by atoms with E-state index in [2.05, 4.69) is 10.2 Å². The maximum absolute atomic E-state index is 13.7. The second-order valence-corrected chi connectivity index (χ2v) is 7.44. The molecule has 2 atom stereocenters. The van der Waals surface area contributed by atoms with E-state index in [9.17, 15) is 18.4 Å². The first-order valence-corrected chi connectivity index (χ1v) is 9.29. The fraction of sp³-hybridized carbons (Fsp3) is 0.333. The van der Waals surface area contributed by atoms with Gasteiger partial charge in [-0.25, -0.2) is 18.5 Å². The molecule has 2 fully saturated rings. The smallest absolute Gasteiger partial charge is 0.319 e.